The van der Waals surface area contributed by atoms with E-state index in [4.69, 9.17) is 5.73 Å². The Bertz CT molecular complexity index is 305. The summed E-state index contributed by atoms with van der Waals surface area (Å²) >= 11 is 3.43. The average Bonchev–Trinajstić information content (AvgIpc) is 2.29. The van der Waals surface area contributed by atoms with E-state index in [9.17, 15) is 0 Å². The van der Waals surface area contributed by atoms with E-state index >= 15 is 0 Å². The molecule has 1 aromatic rings. The lowest BCUT2D eigenvalue weighted by Crippen LogP contribution is -2.22. The molecule has 2 rings (SSSR count). The molecule has 0 radical (unpaired) electrons. The molecule has 1 atom stereocenters. The second-order valence-electron chi connectivity index (χ2n) is 3.24. The molecule has 1 unspecified atom stereocenters. The van der Waals surface area contributed by atoms with Crippen molar-refractivity contribution in [2.75, 3.05) is 0 Å². The fourth-order valence-electron chi connectivity index (χ4n) is 1.79. The van der Waals surface area contributed by atoms with Gasteiger partial charge in [0.1, 0.15) is 10.4 Å². The topological polar surface area (TPSA) is 43.8 Å². The van der Waals surface area contributed by atoms with Crippen LogP contribution in [0.4, 0.5) is 0 Å². The minimum Gasteiger partial charge on any atom is -0.330 e. The summed E-state index contributed by atoms with van der Waals surface area (Å²) < 4.78 is 3.13. The first-order chi connectivity index (χ1) is 5.70. The molecule has 0 aliphatic carbocycles. The van der Waals surface area contributed by atoms with E-state index in [1.807, 2.05) is 6.92 Å². The lowest BCUT2D eigenvalue weighted by molar-refractivity contribution is 0.455. The highest BCUT2D eigenvalue weighted by Crippen LogP contribution is 2.29. The fraction of sp³-hybridized carbons (Fsp3) is 0.625. The standard InChI is InChI=1S/C8H12BrN3/c1-5-11-8(9)7-6(10)3-2-4-12(5)7/h6H,2-4,10H2,1H3. The molecule has 0 saturated carbocycles. The lowest BCUT2D eigenvalue weighted by atomic mass is 10.1. The quantitative estimate of drug-likeness (QED) is 0.737. The first-order valence-corrected chi connectivity index (χ1v) is 4.97. The molecule has 0 saturated heterocycles. The van der Waals surface area contributed by atoms with Gasteiger partial charge in [0.2, 0.25) is 0 Å². The van der Waals surface area contributed by atoms with Crippen LogP contribution in [0.5, 0.6) is 0 Å². The number of imidazole rings is 1. The van der Waals surface area contributed by atoms with Gasteiger partial charge in [-0.2, -0.15) is 0 Å². The van der Waals surface area contributed by atoms with Crippen molar-refractivity contribution in [3.8, 4) is 0 Å². The fourth-order valence-corrected chi connectivity index (χ4v) is 2.55. The zero-order valence-electron chi connectivity index (χ0n) is 7.05. The van der Waals surface area contributed by atoms with Crippen molar-refractivity contribution >= 4 is 15.9 Å². The molecular formula is C8H12BrN3. The van der Waals surface area contributed by atoms with E-state index in [0.29, 0.717) is 0 Å². The van der Waals surface area contributed by atoms with Gasteiger partial charge in [-0.25, -0.2) is 4.98 Å². The maximum absolute atomic E-state index is 5.97. The van der Waals surface area contributed by atoms with Crippen LogP contribution in [0.1, 0.15) is 30.4 Å². The third kappa shape index (κ3) is 1.10. The Balaban J connectivity index is 2.55. The summed E-state index contributed by atoms with van der Waals surface area (Å²) in [4.78, 5) is 4.34. The van der Waals surface area contributed by atoms with Gasteiger partial charge in [0.15, 0.2) is 0 Å². The number of fused-ring (bicyclic) bond motifs is 1. The van der Waals surface area contributed by atoms with Crippen LogP contribution in [0.15, 0.2) is 4.60 Å². The molecule has 0 aromatic carbocycles. The van der Waals surface area contributed by atoms with Gasteiger partial charge < -0.3 is 10.3 Å². The zero-order valence-corrected chi connectivity index (χ0v) is 8.63. The summed E-state index contributed by atoms with van der Waals surface area (Å²) in [7, 11) is 0. The minimum atomic E-state index is 0.161. The molecule has 2 N–H and O–H groups in total. The van der Waals surface area contributed by atoms with Crippen LogP contribution in [0.3, 0.4) is 0 Å². The zero-order chi connectivity index (χ0) is 8.72. The number of hydrogen-bond donors (Lipinski definition) is 1. The molecule has 0 amide bonds. The van der Waals surface area contributed by atoms with Gasteiger partial charge in [-0.3, -0.25) is 0 Å². The summed E-state index contributed by atoms with van der Waals surface area (Å²) in [6.45, 7) is 3.08. The predicted molar refractivity (Wildman–Crippen MR) is 50.8 cm³/mol. The van der Waals surface area contributed by atoms with Crippen molar-refractivity contribution in [1.82, 2.24) is 9.55 Å². The van der Waals surface area contributed by atoms with Crippen molar-refractivity contribution in [3.05, 3.63) is 16.1 Å². The van der Waals surface area contributed by atoms with Crippen molar-refractivity contribution in [1.29, 1.82) is 0 Å². The molecule has 1 aromatic heterocycles. The van der Waals surface area contributed by atoms with Crippen molar-refractivity contribution in [2.24, 2.45) is 5.73 Å². The van der Waals surface area contributed by atoms with Crippen molar-refractivity contribution < 1.29 is 0 Å². The predicted octanol–water partition coefficient (Wildman–Crippen LogP) is 1.75. The summed E-state index contributed by atoms with van der Waals surface area (Å²) in [6.07, 6.45) is 2.24. The Morgan fingerprint density at radius 2 is 2.42 bits per heavy atom. The van der Waals surface area contributed by atoms with E-state index in [1.54, 1.807) is 0 Å². The molecular weight excluding hydrogens is 218 g/mol. The Morgan fingerprint density at radius 1 is 1.67 bits per heavy atom. The molecule has 0 bridgehead atoms. The summed E-state index contributed by atoms with van der Waals surface area (Å²) in [6, 6.07) is 0.161. The van der Waals surface area contributed by atoms with Crippen LogP contribution in [-0.2, 0) is 6.54 Å². The molecule has 66 valence electrons. The molecule has 12 heavy (non-hydrogen) atoms. The molecule has 3 nitrogen and oxygen atoms in total. The Labute approximate surface area is 80.1 Å². The monoisotopic (exact) mass is 229 g/mol. The number of aryl methyl sites for hydroxylation is 1. The van der Waals surface area contributed by atoms with Crippen LogP contribution in [-0.4, -0.2) is 9.55 Å². The highest BCUT2D eigenvalue weighted by molar-refractivity contribution is 9.10. The van der Waals surface area contributed by atoms with Gasteiger partial charge >= 0.3 is 0 Å². The van der Waals surface area contributed by atoms with E-state index < -0.39 is 0 Å². The number of aromatic nitrogens is 2. The molecule has 4 heteroatoms. The van der Waals surface area contributed by atoms with E-state index in [1.165, 1.54) is 5.69 Å². The third-order valence-corrected chi connectivity index (χ3v) is 2.98. The average molecular weight is 230 g/mol. The Kier molecular flexibility index (Phi) is 1.96. The van der Waals surface area contributed by atoms with Crippen molar-refractivity contribution in [2.45, 2.75) is 32.4 Å². The number of hydrogen-bond acceptors (Lipinski definition) is 2. The van der Waals surface area contributed by atoms with Crippen molar-refractivity contribution in [3.63, 3.8) is 0 Å². The summed E-state index contributed by atoms with van der Waals surface area (Å²) in [5, 5.41) is 0. The lowest BCUT2D eigenvalue weighted by Gasteiger charge is -2.21. The first-order valence-electron chi connectivity index (χ1n) is 4.18. The van der Waals surface area contributed by atoms with Gasteiger partial charge in [0.05, 0.1) is 5.69 Å². The van der Waals surface area contributed by atoms with Crippen LogP contribution >= 0.6 is 15.9 Å². The minimum absolute atomic E-state index is 0.161. The first kappa shape index (κ1) is 8.26. The van der Waals surface area contributed by atoms with Crippen LogP contribution in [0, 0.1) is 6.92 Å². The van der Waals surface area contributed by atoms with Crippen LogP contribution < -0.4 is 5.73 Å². The highest BCUT2D eigenvalue weighted by atomic mass is 79.9. The molecule has 0 fully saturated rings. The van der Waals surface area contributed by atoms with E-state index in [2.05, 4.69) is 25.5 Å². The largest absolute Gasteiger partial charge is 0.330 e. The van der Waals surface area contributed by atoms with Gasteiger partial charge in [-0.05, 0) is 35.7 Å². The maximum Gasteiger partial charge on any atom is 0.129 e. The molecule has 2 heterocycles. The molecule has 1 aliphatic rings. The maximum atomic E-state index is 5.97. The summed E-state index contributed by atoms with van der Waals surface area (Å²) in [5.41, 5.74) is 7.14. The normalized spacial score (nSPS) is 22.4. The number of rotatable bonds is 0. The van der Waals surface area contributed by atoms with Gasteiger partial charge in [0, 0.05) is 12.6 Å². The van der Waals surface area contributed by atoms with E-state index in [0.717, 1.165) is 29.8 Å². The Hall–Kier alpha value is -0.350. The van der Waals surface area contributed by atoms with Gasteiger partial charge in [-0.15, -0.1) is 0 Å². The second kappa shape index (κ2) is 2.85. The van der Waals surface area contributed by atoms with Crippen LogP contribution in [0.25, 0.3) is 0 Å². The smallest absolute Gasteiger partial charge is 0.129 e. The number of halogens is 1. The second-order valence-corrected chi connectivity index (χ2v) is 3.99. The SMILES string of the molecule is Cc1nc(Br)c2n1CCCC2N. The van der Waals surface area contributed by atoms with Crippen LogP contribution in [0.2, 0.25) is 0 Å². The third-order valence-electron chi connectivity index (χ3n) is 2.40. The molecule has 1 aliphatic heterocycles. The van der Waals surface area contributed by atoms with Gasteiger partial charge in [0.25, 0.3) is 0 Å². The highest BCUT2D eigenvalue weighted by Gasteiger charge is 2.22. The Morgan fingerprint density at radius 3 is 3.08 bits per heavy atom. The van der Waals surface area contributed by atoms with Gasteiger partial charge in [-0.1, -0.05) is 0 Å². The number of nitrogens with two attached hydrogens (primary N) is 1. The molecule has 0 spiro atoms. The summed E-state index contributed by atoms with van der Waals surface area (Å²) in [5.74, 6) is 1.06. The van der Waals surface area contributed by atoms with E-state index in [-0.39, 0.29) is 6.04 Å². The number of nitrogens with zero attached hydrogens (tertiary/aromatic N) is 2.